The SMILES string of the molecule is CCc1ccc(CC(=O)N/N=C/c2ccc(OC)c([N+](=O)[O-])c2)cc1. The molecule has 2 rings (SSSR count). The molecular formula is C18H19N3O4. The highest BCUT2D eigenvalue weighted by atomic mass is 16.6. The van der Waals surface area contributed by atoms with Crippen molar-refractivity contribution in [1.29, 1.82) is 0 Å². The number of rotatable bonds is 7. The summed E-state index contributed by atoms with van der Waals surface area (Å²) in [5.74, 6) is -0.0924. The second-order valence-electron chi connectivity index (χ2n) is 5.33. The summed E-state index contributed by atoms with van der Waals surface area (Å²) in [4.78, 5) is 22.3. The summed E-state index contributed by atoms with van der Waals surface area (Å²) in [6, 6.07) is 12.2. The predicted molar refractivity (Wildman–Crippen MR) is 94.9 cm³/mol. The Morgan fingerprint density at radius 1 is 1.24 bits per heavy atom. The van der Waals surface area contributed by atoms with Crippen molar-refractivity contribution < 1.29 is 14.5 Å². The standard InChI is InChI=1S/C18H19N3O4/c1-3-13-4-6-14(7-5-13)11-18(22)20-19-12-15-8-9-17(25-2)16(10-15)21(23)24/h4-10,12H,3,11H2,1-2H3,(H,20,22)/b19-12+. The minimum atomic E-state index is -0.533. The summed E-state index contributed by atoms with van der Waals surface area (Å²) in [5, 5.41) is 14.8. The summed E-state index contributed by atoms with van der Waals surface area (Å²) in [7, 11) is 1.36. The first kappa shape index (κ1) is 18.1. The largest absolute Gasteiger partial charge is 0.490 e. The minimum Gasteiger partial charge on any atom is -0.490 e. The lowest BCUT2D eigenvalue weighted by molar-refractivity contribution is -0.385. The fraction of sp³-hybridized carbons (Fsp3) is 0.222. The average molecular weight is 341 g/mol. The lowest BCUT2D eigenvalue weighted by Crippen LogP contribution is -2.19. The fourth-order valence-electron chi connectivity index (χ4n) is 2.23. The summed E-state index contributed by atoms with van der Waals surface area (Å²) >= 11 is 0. The Morgan fingerprint density at radius 2 is 1.92 bits per heavy atom. The maximum Gasteiger partial charge on any atom is 0.311 e. The number of hydrogen-bond donors (Lipinski definition) is 1. The zero-order valence-corrected chi connectivity index (χ0v) is 14.1. The van der Waals surface area contributed by atoms with Crippen LogP contribution >= 0.6 is 0 Å². The Bertz CT molecular complexity index is 785. The van der Waals surface area contributed by atoms with Gasteiger partial charge < -0.3 is 4.74 Å². The van der Waals surface area contributed by atoms with Gasteiger partial charge in [0.1, 0.15) is 0 Å². The number of aryl methyl sites for hydroxylation is 1. The third-order valence-electron chi connectivity index (χ3n) is 3.60. The van der Waals surface area contributed by atoms with Crippen LogP contribution in [-0.4, -0.2) is 24.2 Å². The number of methoxy groups -OCH3 is 1. The van der Waals surface area contributed by atoms with Crippen LogP contribution in [0, 0.1) is 10.1 Å². The van der Waals surface area contributed by atoms with E-state index in [1.165, 1.54) is 31.0 Å². The van der Waals surface area contributed by atoms with Crippen molar-refractivity contribution in [1.82, 2.24) is 5.43 Å². The molecule has 7 nitrogen and oxygen atoms in total. The Hall–Kier alpha value is -3.22. The van der Waals surface area contributed by atoms with Crippen LogP contribution < -0.4 is 10.2 Å². The van der Waals surface area contributed by atoms with Crippen molar-refractivity contribution in [2.24, 2.45) is 5.10 Å². The lowest BCUT2D eigenvalue weighted by atomic mass is 10.1. The molecule has 0 aliphatic heterocycles. The highest BCUT2D eigenvalue weighted by Gasteiger charge is 2.14. The second-order valence-corrected chi connectivity index (χ2v) is 5.33. The van der Waals surface area contributed by atoms with E-state index in [2.05, 4.69) is 17.5 Å². The van der Waals surface area contributed by atoms with Gasteiger partial charge >= 0.3 is 5.69 Å². The maximum atomic E-state index is 11.9. The average Bonchev–Trinajstić information content (AvgIpc) is 2.62. The number of amides is 1. The molecular weight excluding hydrogens is 322 g/mol. The van der Waals surface area contributed by atoms with E-state index < -0.39 is 4.92 Å². The zero-order chi connectivity index (χ0) is 18.2. The smallest absolute Gasteiger partial charge is 0.311 e. The second kappa shape index (κ2) is 8.58. The third-order valence-corrected chi connectivity index (χ3v) is 3.60. The molecule has 0 aliphatic carbocycles. The molecule has 0 fully saturated rings. The first-order valence-corrected chi connectivity index (χ1v) is 7.75. The van der Waals surface area contributed by atoms with Gasteiger partial charge in [-0.1, -0.05) is 31.2 Å². The quantitative estimate of drug-likeness (QED) is 0.476. The first-order chi connectivity index (χ1) is 12.0. The highest BCUT2D eigenvalue weighted by Crippen LogP contribution is 2.26. The van der Waals surface area contributed by atoms with Crippen molar-refractivity contribution in [2.75, 3.05) is 7.11 Å². The van der Waals surface area contributed by atoms with E-state index in [1.54, 1.807) is 6.07 Å². The van der Waals surface area contributed by atoms with Gasteiger partial charge in [-0.05, 0) is 29.7 Å². The van der Waals surface area contributed by atoms with Gasteiger partial charge in [0.2, 0.25) is 5.91 Å². The molecule has 0 saturated carbocycles. The third kappa shape index (κ3) is 5.13. The molecule has 2 aromatic rings. The van der Waals surface area contributed by atoms with Crippen LogP contribution in [0.2, 0.25) is 0 Å². The van der Waals surface area contributed by atoms with E-state index in [-0.39, 0.29) is 23.8 Å². The highest BCUT2D eigenvalue weighted by molar-refractivity contribution is 5.84. The Labute approximate surface area is 145 Å². The number of nitro benzene ring substituents is 1. The van der Waals surface area contributed by atoms with Gasteiger partial charge in [-0.15, -0.1) is 0 Å². The van der Waals surface area contributed by atoms with Crippen LogP contribution in [0.4, 0.5) is 5.69 Å². The molecule has 7 heteroatoms. The number of ether oxygens (including phenoxy) is 1. The van der Waals surface area contributed by atoms with Crippen LogP contribution in [0.15, 0.2) is 47.6 Å². The molecule has 0 radical (unpaired) electrons. The van der Waals surface area contributed by atoms with Gasteiger partial charge in [0, 0.05) is 11.6 Å². The fourth-order valence-corrected chi connectivity index (χ4v) is 2.23. The molecule has 0 bridgehead atoms. The molecule has 0 saturated heterocycles. The summed E-state index contributed by atoms with van der Waals surface area (Å²) < 4.78 is 4.93. The first-order valence-electron chi connectivity index (χ1n) is 7.75. The lowest BCUT2D eigenvalue weighted by Gasteiger charge is -2.03. The van der Waals surface area contributed by atoms with Crippen molar-refractivity contribution in [3.63, 3.8) is 0 Å². The normalized spacial score (nSPS) is 10.6. The van der Waals surface area contributed by atoms with E-state index >= 15 is 0 Å². The Kier molecular flexibility index (Phi) is 6.22. The summed E-state index contributed by atoms with van der Waals surface area (Å²) in [6.07, 6.45) is 2.51. The number of hydrogen-bond acceptors (Lipinski definition) is 5. The number of nitrogens with zero attached hydrogens (tertiary/aromatic N) is 2. The molecule has 0 atom stereocenters. The number of benzene rings is 2. The molecule has 25 heavy (non-hydrogen) atoms. The van der Waals surface area contributed by atoms with E-state index in [0.717, 1.165) is 12.0 Å². The summed E-state index contributed by atoms with van der Waals surface area (Å²) in [5.41, 5.74) is 4.85. The molecule has 2 aromatic carbocycles. The molecule has 0 aromatic heterocycles. The number of nitrogens with one attached hydrogen (secondary N) is 1. The molecule has 0 aliphatic rings. The van der Waals surface area contributed by atoms with Gasteiger partial charge in [0.05, 0.1) is 24.7 Å². The molecule has 0 heterocycles. The number of hydrazone groups is 1. The van der Waals surface area contributed by atoms with Gasteiger partial charge in [-0.25, -0.2) is 5.43 Å². The van der Waals surface area contributed by atoms with Crippen molar-refractivity contribution in [3.8, 4) is 5.75 Å². The zero-order valence-electron chi connectivity index (χ0n) is 14.1. The van der Waals surface area contributed by atoms with E-state index in [1.807, 2.05) is 24.3 Å². The molecule has 0 spiro atoms. The summed E-state index contributed by atoms with van der Waals surface area (Å²) in [6.45, 7) is 2.07. The Balaban J connectivity index is 1.96. The van der Waals surface area contributed by atoms with Crippen molar-refractivity contribution in [3.05, 3.63) is 69.3 Å². The number of carbonyl (C=O) groups is 1. The van der Waals surface area contributed by atoms with Crippen LogP contribution in [0.1, 0.15) is 23.6 Å². The predicted octanol–water partition coefficient (Wildman–Crippen LogP) is 2.86. The van der Waals surface area contributed by atoms with Gasteiger partial charge in [-0.2, -0.15) is 5.10 Å². The van der Waals surface area contributed by atoms with Crippen LogP contribution in [0.5, 0.6) is 5.75 Å². The van der Waals surface area contributed by atoms with Crippen molar-refractivity contribution in [2.45, 2.75) is 19.8 Å². The van der Waals surface area contributed by atoms with Crippen LogP contribution in [0.25, 0.3) is 0 Å². The van der Waals surface area contributed by atoms with E-state index in [4.69, 9.17) is 4.74 Å². The van der Waals surface area contributed by atoms with Crippen molar-refractivity contribution >= 4 is 17.8 Å². The minimum absolute atomic E-state index is 0.159. The topological polar surface area (TPSA) is 93.8 Å². The van der Waals surface area contributed by atoms with Crippen LogP contribution in [-0.2, 0) is 17.6 Å². The number of carbonyl (C=O) groups excluding carboxylic acids is 1. The number of nitro groups is 1. The van der Waals surface area contributed by atoms with E-state index in [9.17, 15) is 14.9 Å². The molecule has 130 valence electrons. The monoisotopic (exact) mass is 341 g/mol. The molecule has 1 N–H and O–H groups in total. The Morgan fingerprint density at radius 3 is 2.52 bits per heavy atom. The molecule has 0 unspecified atom stereocenters. The van der Waals surface area contributed by atoms with Gasteiger partial charge in [0.15, 0.2) is 5.75 Å². The van der Waals surface area contributed by atoms with Gasteiger partial charge in [-0.3, -0.25) is 14.9 Å². The van der Waals surface area contributed by atoms with E-state index in [0.29, 0.717) is 5.56 Å². The maximum absolute atomic E-state index is 11.9. The van der Waals surface area contributed by atoms with Gasteiger partial charge in [0.25, 0.3) is 0 Å². The molecule has 1 amide bonds. The van der Waals surface area contributed by atoms with Crippen LogP contribution in [0.3, 0.4) is 0 Å².